The minimum Gasteiger partial charge on any atom is -0.480 e. The van der Waals surface area contributed by atoms with Crippen LogP contribution in [0, 0.1) is 5.92 Å². The molecule has 3 rings (SSSR count). The molecule has 1 aliphatic carbocycles. The van der Waals surface area contributed by atoms with E-state index < -0.39 is 17.9 Å². The lowest BCUT2D eigenvalue weighted by Crippen LogP contribution is -2.46. The van der Waals surface area contributed by atoms with Crippen LogP contribution in [-0.4, -0.2) is 39.9 Å². The highest BCUT2D eigenvalue weighted by Gasteiger charge is 2.47. The Morgan fingerprint density at radius 2 is 1.83 bits per heavy atom. The summed E-state index contributed by atoms with van der Waals surface area (Å²) in [6, 6.07) is 5.38. The number of carboxylic acid groups (broad SMARTS) is 1. The molecule has 3 N–H and O–H groups in total. The van der Waals surface area contributed by atoms with Gasteiger partial charge in [0, 0.05) is 17.2 Å². The van der Waals surface area contributed by atoms with Crippen molar-refractivity contribution in [3.63, 3.8) is 0 Å². The predicted octanol–water partition coefficient (Wildman–Crippen LogP) is 1.64. The number of nitrogens with two attached hydrogens (primary N) is 1. The molecule has 6 nitrogen and oxygen atoms in total. The number of primary amides is 1. The highest BCUT2D eigenvalue weighted by molar-refractivity contribution is 6.00. The largest absolute Gasteiger partial charge is 0.480 e. The van der Waals surface area contributed by atoms with Crippen molar-refractivity contribution in [1.29, 1.82) is 0 Å². The van der Waals surface area contributed by atoms with Crippen molar-refractivity contribution in [3.8, 4) is 0 Å². The number of carbonyl (C=O) groups is 3. The Kier molecular flexibility index (Phi) is 4.07. The van der Waals surface area contributed by atoms with Gasteiger partial charge in [-0.25, -0.2) is 4.79 Å². The number of rotatable bonds is 3. The van der Waals surface area contributed by atoms with Gasteiger partial charge >= 0.3 is 5.97 Å². The summed E-state index contributed by atoms with van der Waals surface area (Å²) in [5.41, 5.74) is 5.83. The molecule has 1 aromatic carbocycles. The topological polar surface area (TPSA) is 101 Å². The molecular formula is C17H20N2O4. The van der Waals surface area contributed by atoms with Gasteiger partial charge in [-0.1, -0.05) is 18.9 Å². The molecule has 3 atom stereocenters. The molecule has 2 aliphatic rings. The molecule has 1 saturated carbocycles. The van der Waals surface area contributed by atoms with Gasteiger partial charge in [0.15, 0.2) is 0 Å². The smallest absolute Gasteiger partial charge is 0.326 e. The number of hydrogen-bond acceptors (Lipinski definition) is 3. The number of benzene rings is 1. The van der Waals surface area contributed by atoms with Gasteiger partial charge in [-0.2, -0.15) is 0 Å². The molecule has 1 aliphatic heterocycles. The van der Waals surface area contributed by atoms with Gasteiger partial charge in [0.1, 0.15) is 6.04 Å². The van der Waals surface area contributed by atoms with Crippen LogP contribution >= 0.6 is 0 Å². The fraction of sp³-hybridized carbons (Fsp3) is 0.471. The molecule has 0 bridgehead atoms. The zero-order chi connectivity index (χ0) is 16.6. The van der Waals surface area contributed by atoms with E-state index in [9.17, 15) is 19.5 Å². The van der Waals surface area contributed by atoms with Crippen LogP contribution in [0.1, 0.15) is 52.8 Å². The first-order valence-electron chi connectivity index (χ1n) is 7.94. The lowest BCUT2D eigenvalue weighted by atomic mass is 9.84. The molecule has 23 heavy (non-hydrogen) atoms. The Morgan fingerprint density at radius 1 is 1.13 bits per heavy atom. The van der Waals surface area contributed by atoms with E-state index in [1.807, 2.05) is 0 Å². The Labute approximate surface area is 134 Å². The van der Waals surface area contributed by atoms with E-state index in [0.717, 1.165) is 25.7 Å². The van der Waals surface area contributed by atoms with Crippen molar-refractivity contribution < 1.29 is 19.5 Å². The quantitative estimate of drug-likeness (QED) is 0.885. The number of likely N-dealkylation sites (tertiary alicyclic amines) is 1. The first kappa shape index (κ1) is 15.5. The molecule has 0 radical (unpaired) electrons. The third kappa shape index (κ3) is 2.81. The van der Waals surface area contributed by atoms with E-state index in [1.54, 1.807) is 18.2 Å². The first-order valence-corrected chi connectivity index (χ1v) is 7.94. The van der Waals surface area contributed by atoms with Crippen molar-refractivity contribution in [1.82, 2.24) is 4.90 Å². The Hall–Kier alpha value is -2.37. The summed E-state index contributed by atoms with van der Waals surface area (Å²) in [4.78, 5) is 37.3. The van der Waals surface area contributed by atoms with Gasteiger partial charge in [0.25, 0.3) is 5.91 Å². The van der Waals surface area contributed by atoms with Crippen LogP contribution in [0.25, 0.3) is 0 Å². The predicted molar refractivity (Wildman–Crippen MR) is 82.9 cm³/mol. The van der Waals surface area contributed by atoms with Crippen molar-refractivity contribution in [2.45, 2.75) is 44.2 Å². The zero-order valence-electron chi connectivity index (χ0n) is 12.8. The normalized spacial score (nSPS) is 26.6. The van der Waals surface area contributed by atoms with Gasteiger partial charge in [-0.3, -0.25) is 9.59 Å². The molecule has 2 fully saturated rings. The number of amides is 2. The second-order valence-corrected chi connectivity index (χ2v) is 6.36. The number of nitrogens with zero attached hydrogens (tertiary/aromatic N) is 1. The summed E-state index contributed by atoms with van der Waals surface area (Å²) in [7, 11) is 0. The zero-order valence-corrected chi connectivity index (χ0v) is 12.8. The SMILES string of the molecule is NC(=O)c1cccc(C(=O)N2[C@H](C(=O)O)C[C@H]3CCCC[C@@H]32)c1. The number of fused-ring (bicyclic) bond motifs is 1. The van der Waals surface area contributed by atoms with E-state index in [2.05, 4.69) is 0 Å². The van der Waals surface area contributed by atoms with Crippen LogP contribution in [0.5, 0.6) is 0 Å². The lowest BCUT2D eigenvalue weighted by molar-refractivity contribution is -0.141. The van der Waals surface area contributed by atoms with Gasteiger partial charge in [0.05, 0.1) is 0 Å². The van der Waals surface area contributed by atoms with Crippen LogP contribution in [-0.2, 0) is 4.79 Å². The number of hydrogen-bond donors (Lipinski definition) is 2. The van der Waals surface area contributed by atoms with Crippen LogP contribution in [0.3, 0.4) is 0 Å². The highest BCUT2D eigenvalue weighted by Crippen LogP contribution is 2.40. The highest BCUT2D eigenvalue weighted by atomic mass is 16.4. The van der Waals surface area contributed by atoms with Crippen LogP contribution in [0.4, 0.5) is 0 Å². The maximum atomic E-state index is 12.9. The second-order valence-electron chi connectivity index (χ2n) is 6.36. The summed E-state index contributed by atoms with van der Waals surface area (Å²) >= 11 is 0. The van der Waals surface area contributed by atoms with E-state index >= 15 is 0 Å². The average Bonchev–Trinajstić information content (AvgIpc) is 2.94. The maximum Gasteiger partial charge on any atom is 0.326 e. The molecular weight excluding hydrogens is 296 g/mol. The van der Waals surface area contributed by atoms with Gasteiger partial charge in [-0.15, -0.1) is 0 Å². The summed E-state index contributed by atoms with van der Waals surface area (Å²) in [6.07, 6.45) is 4.43. The fourth-order valence-corrected chi connectivity index (χ4v) is 3.93. The molecule has 1 saturated heterocycles. The number of carbonyl (C=O) groups excluding carboxylic acids is 2. The van der Waals surface area contributed by atoms with Gasteiger partial charge in [-0.05, 0) is 43.4 Å². The van der Waals surface area contributed by atoms with Gasteiger partial charge < -0.3 is 15.7 Å². The van der Waals surface area contributed by atoms with Crippen molar-refractivity contribution in [3.05, 3.63) is 35.4 Å². The second kappa shape index (κ2) is 6.02. The number of carboxylic acids is 1. The van der Waals surface area contributed by atoms with Crippen molar-refractivity contribution in [2.75, 3.05) is 0 Å². The molecule has 1 heterocycles. The molecule has 1 aromatic rings. The third-order valence-corrected chi connectivity index (χ3v) is 5.00. The molecule has 0 aromatic heterocycles. The molecule has 0 unspecified atom stereocenters. The van der Waals surface area contributed by atoms with Crippen molar-refractivity contribution in [2.24, 2.45) is 11.7 Å². The first-order chi connectivity index (χ1) is 11.0. The van der Waals surface area contributed by atoms with Crippen LogP contribution in [0.15, 0.2) is 24.3 Å². The standard InChI is InChI=1S/C17H20N2O4/c18-15(20)11-5-3-6-12(8-11)16(21)19-13-7-2-1-4-10(13)9-14(19)17(22)23/h3,5-6,8,10,13-14H,1-2,4,7,9H2,(H2,18,20)(H,22,23)/t10-,13+,14+/m1/s1. The van der Waals surface area contributed by atoms with E-state index in [1.165, 1.54) is 11.0 Å². The van der Waals surface area contributed by atoms with Gasteiger partial charge in [0.2, 0.25) is 5.91 Å². The molecule has 2 amide bonds. The van der Waals surface area contributed by atoms with E-state index in [-0.39, 0.29) is 23.4 Å². The van der Waals surface area contributed by atoms with Crippen LogP contribution < -0.4 is 5.73 Å². The summed E-state index contributed by atoms with van der Waals surface area (Å²) < 4.78 is 0. The monoisotopic (exact) mass is 316 g/mol. The Bertz CT molecular complexity index is 658. The Morgan fingerprint density at radius 3 is 2.52 bits per heavy atom. The minimum atomic E-state index is -0.959. The van der Waals surface area contributed by atoms with E-state index in [0.29, 0.717) is 12.0 Å². The third-order valence-electron chi connectivity index (χ3n) is 5.00. The summed E-state index contributed by atoms with van der Waals surface area (Å²) in [5, 5.41) is 9.50. The minimum absolute atomic E-state index is 0.0189. The van der Waals surface area contributed by atoms with E-state index in [4.69, 9.17) is 5.73 Å². The lowest BCUT2D eigenvalue weighted by Gasteiger charge is -2.33. The molecule has 122 valence electrons. The average molecular weight is 316 g/mol. The summed E-state index contributed by atoms with van der Waals surface area (Å²) in [6.45, 7) is 0. The Balaban J connectivity index is 1.93. The fourth-order valence-electron chi connectivity index (χ4n) is 3.93. The number of aliphatic carboxylic acids is 1. The van der Waals surface area contributed by atoms with Crippen molar-refractivity contribution >= 4 is 17.8 Å². The molecule has 0 spiro atoms. The summed E-state index contributed by atoms with van der Waals surface area (Å²) in [5.74, 6) is -1.63. The van der Waals surface area contributed by atoms with Crippen LogP contribution in [0.2, 0.25) is 0 Å². The molecule has 6 heteroatoms. The maximum absolute atomic E-state index is 12.9.